The van der Waals surface area contributed by atoms with Gasteiger partial charge in [0.25, 0.3) is 11.1 Å². The first-order chi connectivity index (χ1) is 37.6. The molecule has 4 aromatic heterocycles. The van der Waals surface area contributed by atoms with Gasteiger partial charge in [-0.25, -0.2) is 23.3 Å². The third-order valence-electron chi connectivity index (χ3n) is 11.8. The molecule has 8 rings (SSSR count). The number of hydrogen-bond donors (Lipinski definition) is 8. The van der Waals surface area contributed by atoms with Crippen LogP contribution in [0, 0.1) is 30.2 Å². The highest BCUT2D eigenvalue weighted by atomic mass is 32.7. The topological polar surface area (TPSA) is 394 Å². The van der Waals surface area contributed by atoms with Crippen molar-refractivity contribution in [2.75, 3.05) is 90.7 Å². The van der Waals surface area contributed by atoms with Crippen molar-refractivity contribution in [1.29, 1.82) is 0 Å². The van der Waals surface area contributed by atoms with Gasteiger partial charge in [-0.1, -0.05) is 12.2 Å². The molecule has 0 radical (unpaired) electrons. The van der Waals surface area contributed by atoms with E-state index in [2.05, 4.69) is 52.2 Å². The van der Waals surface area contributed by atoms with Gasteiger partial charge >= 0.3 is 19.5 Å². The summed E-state index contributed by atoms with van der Waals surface area (Å²) in [5.74, 6) is -10.8. The Kier molecular flexibility index (Phi) is 19.9. The number of H-pyrrole nitrogens is 2. The van der Waals surface area contributed by atoms with Crippen LogP contribution in [0.5, 0.6) is 5.75 Å². The van der Waals surface area contributed by atoms with Crippen LogP contribution in [0.3, 0.4) is 0 Å². The Bertz CT molecular complexity index is 3210. The molecule has 3 fully saturated rings. The molecule has 7 heterocycles. The van der Waals surface area contributed by atoms with Gasteiger partial charge in [-0.15, -0.1) is 0 Å². The number of fused-ring (bicyclic) bond motifs is 4. The number of nitrogens with zero attached hydrogens (tertiary/aromatic N) is 6. The molecule has 1 aromatic carbocycles. The van der Waals surface area contributed by atoms with Crippen LogP contribution in [-0.4, -0.2) is 177 Å². The average Bonchev–Trinajstić information content (AvgIpc) is 4.26. The molecule has 1 amide bonds. The molecule has 0 saturated carbocycles. The summed E-state index contributed by atoms with van der Waals surface area (Å²) in [6.07, 6.45) is -8.64. The van der Waals surface area contributed by atoms with Crippen molar-refractivity contribution in [3.8, 4) is 5.75 Å². The number of carbonyl (C=O) groups is 2. The van der Waals surface area contributed by atoms with E-state index in [4.69, 9.17) is 74.5 Å². The molecule has 4 unspecified atom stereocenters. The number of rotatable bonds is 22. The Balaban J connectivity index is 0.791. The minimum atomic E-state index is -4.52. The van der Waals surface area contributed by atoms with Crippen molar-refractivity contribution in [1.82, 2.24) is 44.4 Å². The van der Waals surface area contributed by atoms with Crippen molar-refractivity contribution in [3.05, 3.63) is 62.2 Å². The van der Waals surface area contributed by atoms with E-state index >= 15 is 0 Å². The largest absolute Gasteiger partial charge is 0.420 e. The number of amides is 1. The molecule has 38 heteroatoms. The normalized spacial score (nSPS) is 26.4. The van der Waals surface area contributed by atoms with Gasteiger partial charge in [0.05, 0.1) is 98.4 Å². The molecule has 3 aliphatic rings. The fraction of sp³-hybridized carbons (Fsp3) is 0.561. The maximum Gasteiger partial charge on any atom is 0.386 e. The lowest BCUT2D eigenvalue weighted by molar-refractivity contribution is -0.136. The first-order valence-corrected chi connectivity index (χ1v) is 28.9. The molecule has 0 aliphatic carbocycles. The van der Waals surface area contributed by atoms with Gasteiger partial charge in [-0.05, 0) is 18.7 Å². The van der Waals surface area contributed by atoms with Crippen LogP contribution in [0.1, 0.15) is 30.9 Å². The van der Waals surface area contributed by atoms with Crippen molar-refractivity contribution in [2.24, 2.45) is 0 Å². The van der Waals surface area contributed by atoms with Gasteiger partial charge in [-0.3, -0.25) is 47.3 Å². The van der Waals surface area contributed by atoms with E-state index in [0.717, 1.165) is 13.3 Å². The van der Waals surface area contributed by atoms with Crippen LogP contribution < -0.4 is 32.6 Å². The zero-order valence-electron chi connectivity index (χ0n) is 41.1. The minimum Gasteiger partial charge on any atom is -0.420 e. The van der Waals surface area contributed by atoms with Crippen LogP contribution in [0.25, 0.3) is 22.3 Å². The maximum absolute atomic E-state index is 13.9. The number of aliphatic hydroxyl groups excluding tert-OH is 1. The number of esters is 1. The molecule has 79 heavy (non-hydrogen) atoms. The standard InChI is InChI=1S/C41H51F4N11O19P2S2/c1-18-23(42)25(44)33(26(45)24(18)43)73-22(58)3-5-65-7-9-67-11-13-68-12-10-66-8-6-64-4-2-21(57)50-27-31-19(71-38(27)55-16-48-28-34(55)51-40(46)53-36(28)60)14-69-77(63,79)75-32-20(15-70-76(62,78)74-31)72-39(30(32)59)56-17-49-29-35(56)52-41(47)54-37(29)61/h16-17,19-20,27,30-32,38-39,59H,2-15H2,1H3,(H,50,57)(H,62,78)(H,63,79)(H3,46,51,53,60)(H3,47,52,54,61)/t19-,20-,27?,30?,31+,32+,38-,39-,76?,77?/m1/s1. The number of nitrogens with two attached hydrogens (primary N) is 2. The molecule has 3 aliphatic heterocycles. The summed E-state index contributed by atoms with van der Waals surface area (Å²) in [7, 11) is 0. The van der Waals surface area contributed by atoms with Crippen molar-refractivity contribution >= 4 is 83.7 Å². The SMILES string of the molecule is Cc1c(F)c(F)c(OC(=O)CCOCCOCCOCCOCCOCCC(=O)NC2[C@H]3OP(O)(=S)OC[C@H]4O[C@@H](n5cnc6c(=O)[nH]c(N)nc65)C(O)[C@H]4OP(=O)(S)OC[C@H]3O[C@H]2n2cnc3c(=O)[nH]c(N)nc32)c(F)c1F. The molecule has 30 nitrogen and oxygen atoms in total. The lowest BCUT2D eigenvalue weighted by Crippen LogP contribution is -2.48. The fourth-order valence-electron chi connectivity index (χ4n) is 8.11. The van der Waals surface area contributed by atoms with Crippen LogP contribution in [0.4, 0.5) is 29.5 Å². The average molecular weight is 1200 g/mol. The molecule has 434 valence electrons. The highest BCUT2D eigenvalue weighted by molar-refractivity contribution is 8.44. The Hall–Kier alpha value is -5.11. The van der Waals surface area contributed by atoms with Crippen LogP contribution >= 0.6 is 25.8 Å². The first-order valence-electron chi connectivity index (χ1n) is 23.6. The van der Waals surface area contributed by atoms with Crippen molar-refractivity contribution in [2.45, 2.75) is 68.8 Å². The van der Waals surface area contributed by atoms with E-state index in [0.29, 0.717) is 0 Å². The van der Waals surface area contributed by atoms with E-state index in [1.165, 1.54) is 15.5 Å². The molecule has 9 N–H and O–H groups in total. The summed E-state index contributed by atoms with van der Waals surface area (Å²) in [5.41, 5.74) is 8.85. The second kappa shape index (κ2) is 26.2. The van der Waals surface area contributed by atoms with Gasteiger partial charge in [0, 0.05) is 12.0 Å². The lowest BCUT2D eigenvalue weighted by atomic mass is 10.1. The molecule has 3 saturated heterocycles. The number of thiol groups is 1. The summed E-state index contributed by atoms with van der Waals surface area (Å²) >= 11 is 9.58. The third kappa shape index (κ3) is 14.5. The van der Waals surface area contributed by atoms with Crippen molar-refractivity contribution < 1.29 is 97.7 Å². The maximum atomic E-state index is 13.9. The second-order valence-corrected chi connectivity index (χ2v) is 22.8. The number of anilines is 2. The molecule has 5 aromatic rings. The fourth-order valence-corrected chi connectivity index (χ4v) is 11.0. The number of nitrogen functional groups attached to an aromatic ring is 2. The number of aromatic nitrogens is 8. The number of halogens is 4. The van der Waals surface area contributed by atoms with E-state index in [1.54, 1.807) is 0 Å². The van der Waals surface area contributed by atoms with E-state index in [1.807, 2.05) is 0 Å². The monoisotopic (exact) mass is 1200 g/mol. The summed E-state index contributed by atoms with van der Waals surface area (Å²) in [5, 5.41) is 14.3. The highest BCUT2D eigenvalue weighted by Gasteiger charge is 2.54. The number of hydrogen-bond acceptors (Lipinski definition) is 25. The van der Waals surface area contributed by atoms with Gasteiger partial charge in [-0.2, -0.15) is 18.7 Å². The van der Waals surface area contributed by atoms with Gasteiger partial charge in [0.15, 0.2) is 46.4 Å². The first kappa shape index (κ1) is 60.0. The van der Waals surface area contributed by atoms with Gasteiger partial charge in [0.2, 0.25) is 35.2 Å². The quantitative estimate of drug-likeness (QED) is 0.00887. The van der Waals surface area contributed by atoms with E-state index in [9.17, 15) is 51.3 Å². The molecular weight excluding hydrogens is 1150 g/mol. The molecule has 0 bridgehead atoms. The number of aromatic amines is 2. The zero-order chi connectivity index (χ0) is 56.8. The number of ether oxygens (including phenoxy) is 8. The van der Waals surface area contributed by atoms with Gasteiger partial charge < -0.3 is 73.7 Å². The molecular formula is C41H51F4N11O19P2S2. The summed E-state index contributed by atoms with van der Waals surface area (Å²) in [6.45, 7) is -8.77. The highest BCUT2D eigenvalue weighted by Crippen LogP contribution is 2.58. The van der Waals surface area contributed by atoms with E-state index in [-0.39, 0.29) is 107 Å². The number of benzene rings is 1. The molecule has 0 spiro atoms. The van der Waals surface area contributed by atoms with E-state index < -0.39 is 140 Å². The Morgan fingerprint density at radius 2 is 1.23 bits per heavy atom. The smallest absolute Gasteiger partial charge is 0.386 e. The summed E-state index contributed by atoms with van der Waals surface area (Å²) < 4.78 is 139. The summed E-state index contributed by atoms with van der Waals surface area (Å²) in [6, 6.07) is -1.33. The van der Waals surface area contributed by atoms with Crippen LogP contribution in [0.2, 0.25) is 0 Å². The summed E-state index contributed by atoms with van der Waals surface area (Å²) in [4.78, 5) is 83.4. The lowest BCUT2D eigenvalue weighted by Gasteiger charge is -2.31. The Morgan fingerprint density at radius 1 is 0.759 bits per heavy atom. The number of carbonyl (C=O) groups excluding carboxylic acids is 2. The van der Waals surface area contributed by atoms with Crippen molar-refractivity contribution in [3.63, 3.8) is 0 Å². The Morgan fingerprint density at radius 3 is 1.77 bits per heavy atom. The number of imidazole rings is 2. The zero-order valence-corrected chi connectivity index (χ0v) is 44.6. The van der Waals surface area contributed by atoms with Crippen LogP contribution in [-0.2, 0) is 77.2 Å². The molecule has 10 atom stereocenters. The van der Waals surface area contributed by atoms with Crippen LogP contribution in [0.15, 0.2) is 22.2 Å². The second-order valence-electron chi connectivity index (χ2n) is 17.2. The minimum absolute atomic E-state index is 0.0330. The van der Waals surface area contributed by atoms with Gasteiger partial charge in [0.1, 0.15) is 36.6 Å². The number of nitrogens with one attached hydrogen (secondary N) is 3. The Labute approximate surface area is 451 Å². The predicted molar refractivity (Wildman–Crippen MR) is 266 cm³/mol. The third-order valence-corrected chi connectivity index (χ3v) is 15.0. The number of aliphatic hydroxyl groups is 1. The predicted octanol–water partition coefficient (Wildman–Crippen LogP) is 0.463.